The maximum absolute atomic E-state index is 12.1. The molecule has 0 saturated carbocycles. The van der Waals surface area contributed by atoms with E-state index < -0.39 is 0 Å². The lowest BCUT2D eigenvalue weighted by molar-refractivity contribution is 0.103. The highest BCUT2D eigenvalue weighted by atomic mass is 35.5. The Balaban J connectivity index is 2.44. The van der Waals surface area contributed by atoms with Crippen molar-refractivity contribution in [3.8, 4) is 0 Å². The van der Waals surface area contributed by atoms with Crippen molar-refractivity contribution >= 4 is 23.1 Å². The van der Waals surface area contributed by atoms with E-state index in [1.807, 2.05) is 13.0 Å². The summed E-state index contributed by atoms with van der Waals surface area (Å²) in [7, 11) is 0. The highest BCUT2D eigenvalue weighted by molar-refractivity contribution is 6.30. The average Bonchev–Trinajstić information content (AvgIpc) is 2.33. The number of anilines is 1. The van der Waals surface area contributed by atoms with Crippen LogP contribution in [-0.4, -0.2) is 10.8 Å². The van der Waals surface area contributed by atoms with Gasteiger partial charge in [0.2, 0.25) is 5.78 Å². The molecule has 86 valence electrons. The number of carbonyl (C=O) groups is 1. The zero-order valence-electron chi connectivity index (χ0n) is 9.27. The Hall–Kier alpha value is -1.87. The van der Waals surface area contributed by atoms with Gasteiger partial charge in [0.05, 0.1) is 5.02 Å². The number of carbonyl (C=O) groups excluding carboxylic acids is 1. The van der Waals surface area contributed by atoms with Crippen molar-refractivity contribution in [2.45, 2.75) is 6.92 Å². The summed E-state index contributed by atoms with van der Waals surface area (Å²) in [5, 5.41) is 0.499. The Morgan fingerprint density at radius 2 is 2.06 bits per heavy atom. The predicted octanol–water partition coefficient (Wildman–Crippen LogP) is 2.86. The van der Waals surface area contributed by atoms with Crippen LogP contribution < -0.4 is 5.73 Å². The molecule has 1 aromatic heterocycles. The summed E-state index contributed by atoms with van der Waals surface area (Å²) in [6, 6.07) is 8.58. The van der Waals surface area contributed by atoms with E-state index >= 15 is 0 Å². The predicted molar refractivity (Wildman–Crippen MR) is 68.3 cm³/mol. The number of halogens is 1. The van der Waals surface area contributed by atoms with Gasteiger partial charge in [0.15, 0.2) is 0 Å². The number of pyridine rings is 1. The molecular formula is C13H11ClN2O. The summed E-state index contributed by atoms with van der Waals surface area (Å²) >= 11 is 5.72. The van der Waals surface area contributed by atoms with Crippen LogP contribution in [0, 0.1) is 6.92 Å². The van der Waals surface area contributed by atoms with E-state index in [9.17, 15) is 4.79 Å². The summed E-state index contributed by atoms with van der Waals surface area (Å²) in [6.45, 7) is 1.86. The maximum Gasteiger partial charge on any atom is 0.213 e. The third kappa shape index (κ3) is 2.29. The van der Waals surface area contributed by atoms with Crippen molar-refractivity contribution < 1.29 is 4.79 Å². The number of nitrogen functional groups attached to an aromatic ring is 1. The number of hydrogen-bond acceptors (Lipinski definition) is 3. The fourth-order valence-corrected chi connectivity index (χ4v) is 1.64. The Morgan fingerprint density at radius 3 is 2.71 bits per heavy atom. The molecule has 0 fully saturated rings. The van der Waals surface area contributed by atoms with Gasteiger partial charge in [-0.15, -0.1) is 0 Å². The number of nitrogens with zero attached hydrogens (tertiary/aromatic N) is 1. The Morgan fingerprint density at radius 1 is 1.29 bits per heavy atom. The molecule has 1 heterocycles. The van der Waals surface area contributed by atoms with E-state index in [4.69, 9.17) is 17.3 Å². The van der Waals surface area contributed by atoms with E-state index in [1.165, 1.54) is 6.20 Å². The zero-order chi connectivity index (χ0) is 12.4. The number of para-hydroxylation sites is 1. The molecule has 2 N–H and O–H groups in total. The van der Waals surface area contributed by atoms with Crippen molar-refractivity contribution in [3.63, 3.8) is 0 Å². The molecule has 17 heavy (non-hydrogen) atoms. The third-order valence-corrected chi connectivity index (χ3v) is 2.75. The van der Waals surface area contributed by atoms with Gasteiger partial charge in [-0.1, -0.05) is 23.7 Å². The molecular weight excluding hydrogens is 236 g/mol. The third-order valence-electron chi connectivity index (χ3n) is 2.53. The summed E-state index contributed by atoms with van der Waals surface area (Å²) in [5.74, 6) is -0.192. The minimum Gasteiger partial charge on any atom is -0.398 e. The molecule has 0 bridgehead atoms. The van der Waals surface area contributed by atoms with Crippen molar-refractivity contribution in [1.29, 1.82) is 0 Å². The van der Waals surface area contributed by atoms with Gasteiger partial charge in [-0.3, -0.25) is 9.78 Å². The molecule has 0 aliphatic rings. The van der Waals surface area contributed by atoms with Gasteiger partial charge >= 0.3 is 0 Å². The Labute approximate surface area is 104 Å². The second-order valence-corrected chi connectivity index (χ2v) is 4.16. The molecule has 0 radical (unpaired) electrons. The maximum atomic E-state index is 12.1. The van der Waals surface area contributed by atoms with Crippen LogP contribution in [0.1, 0.15) is 21.6 Å². The van der Waals surface area contributed by atoms with Crippen molar-refractivity contribution in [2.75, 3.05) is 5.73 Å². The Kier molecular flexibility index (Phi) is 3.11. The number of rotatable bonds is 2. The van der Waals surface area contributed by atoms with Crippen LogP contribution in [0.4, 0.5) is 5.69 Å². The Bertz CT molecular complexity index is 564. The minimum atomic E-state index is -0.192. The first-order valence-corrected chi connectivity index (χ1v) is 5.48. The van der Waals surface area contributed by atoms with E-state index in [1.54, 1.807) is 24.3 Å². The van der Waals surface area contributed by atoms with Gasteiger partial charge in [0.25, 0.3) is 0 Å². The fraction of sp³-hybridized carbons (Fsp3) is 0.0769. The van der Waals surface area contributed by atoms with Crippen LogP contribution in [0.2, 0.25) is 5.02 Å². The fourth-order valence-electron chi connectivity index (χ4n) is 1.53. The van der Waals surface area contributed by atoms with Crippen molar-refractivity contribution in [3.05, 3.63) is 58.4 Å². The summed E-state index contributed by atoms with van der Waals surface area (Å²) in [6.07, 6.45) is 1.45. The first kappa shape index (κ1) is 11.6. The van der Waals surface area contributed by atoms with Crippen LogP contribution in [-0.2, 0) is 0 Å². The largest absolute Gasteiger partial charge is 0.398 e. The number of benzene rings is 1. The lowest BCUT2D eigenvalue weighted by Crippen LogP contribution is -2.08. The van der Waals surface area contributed by atoms with Crippen LogP contribution in [0.15, 0.2) is 36.5 Å². The summed E-state index contributed by atoms with van der Waals surface area (Å²) in [4.78, 5) is 16.1. The molecule has 0 aliphatic heterocycles. The molecule has 4 heteroatoms. The lowest BCUT2D eigenvalue weighted by atomic mass is 10.0. The van der Waals surface area contributed by atoms with Gasteiger partial charge in [-0.2, -0.15) is 0 Å². The minimum absolute atomic E-state index is 0.192. The SMILES string of the molecule is Cc1cccc(C(=O)c2ccc(Cl)cn2)c1N. The quantitative estimate of drug-likeness (QED) is 0.655. The van der Waals surface area contributed by atoms with Crippen molar-refractivity contribution in [1.82, 2.24) is 4.98 Å². The molecule has 2 aromatic rings. The smallest absolute Gasteiger partial charge is 0.213 e. The van der Waals surface area contributed by atoms with Crippen molar-refractivity contribution in [2.24, 2.45) is 0 Å². The highest BCUT2D eigenvalue weighted by Crippen LogP contribution is 2.19. The average molecular weight is 247 g/mol. The summed E-state index contributed by atoms with van der Waals surface area (Å²) in [5.41, 5.74) is 8.06. The molecule has 0 atom stereocenters. The van der Waals surface area contributed by atoms with Gasteiger partial charge in [0, 0.05) is 17.4 Å². The number of aromatic nitrogens is 1. The first-order chi connectivity index (χ1) is 8.09. The topological polar surface area (TPSA) is 56.0 Å². The molecule has 0 aliphatic carbocycles. The molecule has 1 aromatic carbocycles. The molecule has 0 unspecified atom stereocenters. The molecule has 0 amide bonds. The normalized spacial score (nSPS) is 10.2. The van der Waals surface area contributed by atoms with Crippen LogP contribution in [0.5, 0.6) is 0 Å². The van der Waals surface area contributed by atoms with E-state index in [0.717, 1.165) is 5.56 Å². The monoisotopic (exact) mass is 246 g/mol. The second-order valence-electron chi connectivity index (χ2n) is 3.73. The summed E-state index contributed by atoms with van der Waals surface area (Å²) < 4.78 is 0. The van der Waals surface area contributed by atoms with Crippen LogP contribution in [0.25, 0.3) is 0 Å². The zero-order valence-corrected chi connectivity index (χ0v) is 10.0. The van der Waals surface area contributed by atoms with E-state index in [0.29, 0.717) is 22.0 Å². The van der Waals surface area contributed by atoms with E-state index in [-0.39, 0.29) is 5.78 Å². The molecule has 0 saturated heterocycles. The van der Waals surface area contributed by atoms with Gasteiger partial charge in [0.1, 0.15) is 5.69 Å². The first-order valence-electron chi connectivity index (χ1n) is 5.11. The number of aryl methyl sites for hydroxylation is 1. The van der Waals surface area contributed by atoms with Gasteiger partial charge in [-0.25, -0.2) is 0 Å². The number of nitrogens with two attached hydrogens (primary N) is 1. The molecule has 2 rings (SSSR count). The standard InChI is InChI=1S/C13H11ClN2O/c1-8-3-2-4-10(12(8)15)13(17)11-6-5-9(14)7-16-11/h2-7H,15H2,1H3. The molecule has 0 spiro atoms. The van der Waals surface area contributed by atoms with Gasteiger partial charge in [-0.05, 0) is 30.7 Å². The second kappa shape index (κ2) is 4.55. The van der Waals surface area contributed by atoms with Crippen LogP contribution in [0.3, 0.4) is 0 Å². The number of hydrogen-bond donors (Lipinski definition) is 1. The van der Waals surface area contributed by atoms with Crippen LogP contribution >= 0.6 is 11.6 Å². The molecule has 3 nitrogen and oxygen atoms in total. The lowest BCUT2D eigenvalue weighted by Gasteiger charge is -2.06. The number of ketones is 1. The highest BCUT2D eigenvalue weighted by Gasteiger charge is 2.14. The van der Waals surface area contributed by atoms with E-state index in [2.05, 4.69) is 4.98 Å². The van der Waals surface area contributed by atoms with Gasteiger partial charge < -0.3 is 5.73 Å².